The molecule has 0 aliphatic heterocycles. The van der Waals surface area contributed by atoms with Crippen LogP contribution >= 0.6 is 0 Å². The van der Waals surface area contributed by atoms with Crippen molar-refractivity contribution < 1.29 is 0 Å². The zero-order valence-electron chi connectivity index (χ0n) is 10.3. The van der Waals surface area contributed by atoms with Crippen molar-refractivity contribution in [1.82, 2.24) is 15.0 Å². The zero-order valence-corrected chi connectivity index (χ0v) is 10.3. The molecule has 1 atom stereocenters. The lowest BCUT2D eigenvalue weighted by Crippen LogP contribution is -2.25. The Bertz CT molecular complexity index is 448. The summed E-state index contributed by atoms with van der Waals surface area (Å²) in [5.74, 6) is 1.39. The molecule has 2 aliphatic carbocycles. The van der Waals surface area contributed by atoms with Crippen LogP contribution in [0.15, 0.2) is 0 Å². The van der Waals surface area contributed by atoms with Crippen LogP contribution in [-0.4, -0.2) is 15.0 Å². The largest absolute Gasteiger partial charge is 0.246 e. The summed E-state index contributed by atoms with van der Waals surface area (Å²) < 4.78 is 2.12. The van der Waals surface area contributed by atoms with Crippen molar-refractivity contribution in [3.8, 4) is 6.07 Å². The first-order chi connectivity index (χ1) is 8.31. The Morgan fingerprint density at radius 1 is 1.41 bits per heavy atom. The van der Waals surface area contributed by atoms with Crippen LogP contribution in [0.4, 0.5) is 0 Å². The Morgan fingerprint density at radius 3 is 2.71 bits per heavy atom. The minimum Gasteiger partial charge on any atom is -0.246 e. The molecule has 4 nitrogen and oxygen atoms in total. The Kier molecular flexibility index (Phi) is 2.62. The zero-order chi connectivity index (χ0) is 11.8. The van der Waals surface area contributed by atoms with Crippen LogP contribution in [0, 0.1) is 17.2 Å². The highest BCUT2D eigenvalue weighted by molar-refractivity contribution is 5.23. The van der Waals surface area contributed by atoms with Gasteiger partial charge in [-0.15, -0.1) is 5.10 Å². The van der Waals surface area contributed by atoms with Gasteiger partial charge in [0, 0.05) is 5.92 Å². The van der Waals surface area contributed by atoms with Crippen molar-refractivity contribution in [2.24, 2.45) is 5.92 Å². The summed E-state index contributed by atoms with van der Waals surface area (Å²) in [4.78, 5) is 0. The van der Waals surface area contributed by atoms with Gasteiger partial charge in [-0.1, -0.05) is 11.6 Å². The van der Waals surface area contributed by atoms with E-state index in [-0.39, 0.29) is 0 Å². The highest BCUT2D eigenvalue weighted by Crippen LogP contribution is 2.44. The molecule has 0 radical (unpaired) electrons. The molecule has 90 valence electrons. The van der Waals surface area contributed by atoms with Gasteiger partial charge in [0.05, 0.1) is 24.2 Å². The fraction of sp³-hybridized carbons (Fsp3) is 0.769. The highest BCUT2D eigenvalue weighted by Gasteiger charge is 2.35. The quantitative estimate of drug-likeness (QED) is 0.798. The Hall–Kier alpha value is -1.37. The van der Waals surface area contributed by atoms with E-state index in [1.165, 1.54) is 37.8 Å². The summed E-state index contributed by atoms with van der Waals surface area (Å²) in [6.07, 6.45) is 6.88. The van der Waals surface area contributed by atoms with Gasteiger partial charge in [-0.05, 0) is 38.5 Å². The van der Waals surface area contributed by atoms with Crippen LogP contribution < -0.4 is 0 Å². The third-order valence-electron chi connectivity index (χ3n) is 4.23. The molecule has 0 amide bonds. The van der Waals surface area contributed by atoms with Crippen molar-refractivity contribution in [1.29, 1.82) is 5.26 Å². The fourth-order valence-corrected chi connectivity index (χ4v) is 2.74. The van der Waals surface area contributed by atoms with Gasteiger partial charge in [0.15, 0.2) is 0 Å². The first-order valence-corrected chi connectivity index (χ1v) is 6.62. The van der Waals surface area contributed by atoms with Crippen LogP contribution in [0.3, 0.4) is 0 Å². The maximum atomic E-state index is 8.83. The smallest absolute Gasteiger partial charge is 0.100 e. The van der Waals surface area contributed by atoms with E-state index in [4.69, 9.17) is 5.26 Å². The molecule has 0 spiro atoms. The van der Waals surface area contributed by atoms with Gasteiger partial charge in [0.2, 0.25) is 0 Å². The average Bonchev–Trinajstić information content (AvgIpc) is 2.98. The molecule has 0 bridgehead atoms. The number of hydrogen-bond acceptors (Lipinski definition) is 3. The summed E-state index contributed by atoms with van der Waals surface area (Å²) >= 11 is 0. The predicted octanol–water partition coefficient (Wildman–Crippen LogP) is 2.58. The summed E-state index contributed by atoms with van der Waals surface area (Å²) in [7, 11) is 0. The van der Waals surface area contributed by atoms with Crippen molar-refractivity contribution in [3.05, 3.63) is 11.4 Å². The molecular weight excluding hydrogens is 212 g/mol. The molecule has 17 heavy (non-hydrogen) atoms. The van der Waals surface area contributed by atoms with Gasteiger partial charge < -0.3 is 0 Å². The summed E-state index contributed by atoms with van der Waals surface area (Å²) in [5, 5.41) is 17.4. The second kappa shape index (κ2) is 4.14. The van der Waals surface area contributed by atoms with E-state index in [2.05, 4.69) is 28.0 Å². The number of nitriles is 1. The van der Waals surface area contributed by atoms with Crippen LogP contribution in [0.2, 0.25) is 0 Å². The molecule has 3 rings (SSSR count). The molecule has 4 heteroatoms. The lowest BCUT2D eigenvalue weighted by molar-refractivity contribution is 0.205. The van der Waals surface area contributed by atoms with Crippen LogP contribution in [0.5, 0.6) is 0 Å². The molecule has 1 aromatic heterocycles. The van der Waals surface area contributed by atoms with E-state index in [1.54, 1.807) is 0 Å². The lowest BCUT2D eigenvalue weighted by atomic mass is 9.80. The van der Waals surface area contributed by atoms with Gasteiger partial charge in [-0.25, -0.2) is 4.68 Å². The first kappa shape index (κ1) is 10.8. The van der Waals surface area contributed by atoms with E-state index in [0.29, 0.717) is 18.4 Å². The molecule has 0 N–H and O–H groups in total. The van der Waals surface area contributed by atoms with Crippen molar-refractivity contribution >= 4 is 0 Å². The molecule has 2 saturated carbocycles. The van der Waals surface area contributed by atoms with E-state index >= 15 is 0 Å². The van der Waals surface area contributed by atoms with Crippen molar-refractivity contribution in [3.63, 3.8) is 0 Å². The summed E-state index contributed by atoms with van der Waals surface area (Å²) in [6.45, 7) is 2.25. The highest BCUT2D eigenvalue weighted by atomic mass is 15.4. The maximum Gasteiger partial charge on any atom is 0.100 e. The van der Waals surface area contributed by atoms with E-state index in [0.717, 1.165) is 11.6 Å². The van der Waals surface area contributed by atoms with Crippen LogP contribution in [0.1, 0.15) is 62.4 Å². The van der Waals surface area contributed by atoms with Crippen LogP contribution in [-0.2, 0) is 6.42 Å². The third kappa shape index (κ3) is 1.84. The van der Waals surface area contributed by atoms with Crippen LogP contribution in [0.25, 0.3) is 0 Å². The lowest BCUT2D eigenvalue weighted by Gasteiger charge is -2.32. The monoisotopic (exact) mass is 230 g/mol. The molecule has 2 aliphatic rings. The van der Waals surface area contributed by atoms with Gasteiger partial charge in [-0.3, -0.25) is 0 Å². The molecular formula is C13H18N4. The second-order valence-electron chi connectivity index (χ2n) is 5.41. The van der Waals surface area contributed by atoms with Gasteiger partial charge in [-0.2, -0.15) is 5.26 Å². The fourth-order valence-electron chi connectivity index (χ4n) is 2.74. The maximum absolute atomic E-state index is 8.83. The van der Waals surface area contributed by atoms with E-state index in [9.17, 15) is 0 Å². The second-order valence-corrected chi connectivity index (χ2v) is 5.41. The molecule has 2 fully saturated rings. The molecule has 1 heterocycles. The van der Waals surface area contributed by atoms with Crippen molar-refractivity contribution in [2.75, 3.05) is 0 Å². The van der Waals surface area contributed by atoms with Gasteiger partial charge in [0.25, 0.3) is 0 Å². The number of aromatic nitrogens is 3. The Morgan fingerprint density at radius 2 is 2.18 bits per heavy atom. The molecule has 1 unspecified atom stereocenters. The van der Waals surface area contributed by atoms with Gasteiger partial charge >= 0.3 is 0 Å². The van der Waals surface area contributed by atoms with E-state index in [1.807, 2.05) is 0 Å². The third-order valence-corrected chi connectivity index (χ3v) is 4.23. The Balaban J connectivity index is 1.90. The van der Waals surface area contributed by atoms with Gasteiger partial charge in [0.1, 0.15) is 5.69 Å². The number of hydrogen-bond donors (Lipinski definition) is 0. The predicted molar refractivity (Wildman–Crippen MR) is 63.4 cm³/mol. The summed E-state index contributed by atoms with van der Waals surface area (Å²) in [6, 6.07) is 2.66. The first-order valence-electron chi connectivity index (χ1n) is 6.62. The summed E-state index contributed by atoms with van der Waals surface area (Å²) in [5.41, 5.74) is 2.17. The minimum absolute atomic E-state index is 0.406. The Labute approximate surface area is 102 Å². The van der Waals surface area contributed by atoms with E-state index < -0.39 is 0 Å². The normalized spacial score (nSPS) is 21.9. The number of nitrogens with zero attached hydrogens (tertiary/aromatic N) is 4. The minimum atomic E-state index is 0.406. The molecule has 0 saturated heterocycles. The van der Waals surface area contributed by atoms with Crippen molar-refractivity contribution in [2.45, 2.75) is 57.4 Å². The topological polar surface area (TPSA) is 54.5 Å². The average molecular weight is 230 g/mol. The molecule has 0 aromatic carbocycles. The standard InChI is InChI=1S/C13H18N4/c1-9(10-3-2-4-10)17-13(11-5-6-11)12(7-8-14)15-16-17/h9-11H,2-7H2,1H3. The molecule has 1 aromatic rings. The number of rotatable bonds is 4. The SMILES string of the molecule is CC(C1CCC1)n1nnc(CC#N)c1C1CC1.